The van der Waals surface area contributed by atoms with E-state index in [-0.39, 0.29) is 30.1 Å². The van der Waals surface area contributed by atoms with Gasteiger partial charge in [0.05, 0.1) is 24.0 Å². The Morgan fingerprint density at radius 2 is 1.88 bits per heavy atom. The molecule has 8 heteroatoms. The SMILES string of the molecule is COCO[C@@H]1CC[C@@H]2CC[C@H](O)[C@@]23CCN(S(=O)(=O)CC[Si](C)(C)C)[C@@H]13. The second kappa shape index (κ2) is 7.44. The monoisotopic (exact) mass is 405 g/mol. The minimum absolute atomic E-state index is 0.167. The van der Waals surface area contributed by atoms with Crippen molar-refractivity contribution in [2.75, 3.05) is 26.2 Å². The summed E-state index contributed by atoms with van der Waals surface area (Å²) in [6.45, 7) is 7.29. The van der Waals surface area contributed by atoms with E-state index in [1.54, 1.807) is 11.4 Å². The Kier molecular flexibility index (Phi) is 5.93. The van der Waals surface area contributed by atoms with Crippen LogP contribution in [0.15, 0.2) is 0 Å². The second-order valence-corrected chi connectivity index (χ2v) is 17.2. The topological polar surface area (TPSA) is 76.1 Å². The van der Waals surface area contributed by atoms with Crippen LogP contribution >= 0.6 is 0 Å². The molecule has 2 saturated carbocycles. The third-order valence-corrected chi connectivity index (χ3v) is 10.8. The molecule has 3 aliphatic rings. The van der Waals surface area contributed by atoms with Gasteiger partial charge in [-0.2, -0.15) is 4.31 Å². The maximum absolute atomic E-state index is 13.2. The molecule has 1 aliphatic heterocycles. The number of sulfonamides is 1. The predicted molar refractivity (Wildman–Crippen MR) is 104 cm³/mol. The Hall–Kier alpha value is 0.00688. The molecule has 2 aliphatic carbocycles. The molecular formula is C18H35NO5SSi. The van der Waals surface area contributed by atoms with Crippen LogP contribution in [0.2, 0.25) is 25.7 Å². The van der Waals surface area contributed by atoms with Crippen molar-refractivity contribution in [3.8, 4) is 0 Å². The normalized spacial score (nSPS) is 38.3. The molecule has 0 aromatic carbocycles. The molecule has 3 fully saturated rings. The fourth-order valence-electron chi connectivity index (χ4n) is 5.50. The molecule has 152 valence electrons. The van der Waals surface area contributed by atoms with Crippen molar-refractivity contribution in [3.63, 3.8) is 0 Å². The number of rotatable bonds is 7. The molecule has 0 aromatic heterocycles. The molecule has 1 saturated heterocycles. The molecule has 0 unspecified atom stereocenters. The molecule has 5 atom stereocenters. The molecule has 0 bridgehead atoms. The zero-order valence-corrected chi connectivity index (χ0v) is 18.4. The first-order chi connectivity index (χ1) is 12.1. The number of ether oxygens (including phenoxy) is 2. The standard InChI is InChI=1S/C18H35NO5SSi/c1-23-13-24-15-7-5-14-6-8-16(20)18(14)9-10-19(17(15)18)25(21,22)11-12-26(2,3)4/h14-17,20H,5-13H2,1-4H3/t14-,15-,16+,17+,18-/m1/s1. The molecule has 1 spiro atoms. The number of aliphatic hydroxyl groups is 1. The van der Waals surface area contributed by atoms with Crippen molar-refractivity contribution >= 4 is 18.1 Å². The minimum Gasteiger partial charge on any atom is -0.392 e. The van der Waals surface area contributed by atoms with E-state index in [2.05, 4.69) is 19.6 Å². The van der Waals surface area contributed by atoms with Crippen LogP contribution in [0.4, 0.5) is 0 Å². The third-order valence-electron chi connectivity index (χ3n) is 6.81. The number of hydrogen-bond acceptors (Lipinski definition) is 5. The lowest BCUT2D eigenvalue weighted by Crippen LogP contribution is -2.58. The zero-order valence-electron chi connectivity index (χ0n) is 16.6. The first kappa shape index (κ1) is 20.7. The number of aliphatic hydroxyl groups excluding tert-OH is 1. The van der Waals surface area contributed by atoms with Gasteiger partial charge in [0.25, 0.3) is 0 Å². The summed E-state index contributed by atoms with van der Waals surface area (Å²) in [5.41, 5.74) is -0.330. The van der Waals surface area contributed by atoms with E-state index >= 15 is 0 Å². The Morgan fingerprint density at radius 1 is 1.19 bits per heavy atom. The summed E-state index contributed by atoms with van der Waals surface area (Å²) in [5.74, 6) is 0.620. The van der Waals surface area contributed by atoms with Gasteiger partial charge >= 0.3 is 0 Å². The maximum atomic E-state index is 13.2. The van der Waals surface area contributed by atoms with Crippen LogP contribution in [-0.2, 0) is 19.5 Å². The molecule has 1 heterocycles. The van der Waals surface area contributed by atoms with Crippen LogP contribution < -0.4 is 0 Å². The molecule has 0 amide bonds. The van der Waals surface area contributed by atoms with Crippen molar-refractivity contribution in [3.05, 3.63) is 0 Å². The third kappa shape index (κ3) is 3.65. The summed E-state index contributed by atoms with van der Waals surface area (Å²) in [5, 5.41) is 10.9. The molecule has 1 N–H and O–H groups in total. The lowest BCUT2D eigenvalue weighted by atomic mass is 9.63. The maximum Gasteiger partial charge on any atom is 0.214 e. The number of methoxy groups -OCH3 is 1. The molecule has 26 heavy (non-hydrogen) atoms. The van der Waals surface area contributed by atoms with Gasteiger partial charge in [-0.3, -0.25) is 0 Å². The molecule has 0 radical (unpaired) electrons. The average Bonchev–Trinajstić information content (AvgIpc) is 3.12. The van der Waals surface area contributed by atoms with Gasteiger partial charge in [0.15, 0.2) is 0 Å². The summed E-state index contributed by atoms with van der Waals surface area (Å²) in [7, 11) is -3.21. The van der Waals surface area contributed by atoms with Crippen LogP contribution in [0.3, 0.4) is 0 Å². The second-order valence-electron chi connectivity index (χ2n) is 9.52. The summed E-state index contributed by atoms with van der Waals surface area (Å²) in [6.07, 6.45) is 3.76. The highest BCUT2D eigenvalue weighted by molar-refractivity contribution is 7.89. The lowest BCUT2D eigenvalue weighted by Gasteiger charge is -2.49. The van der Waals surface area contributed by atoms with E-state index in [1.165, 1.54) is 0 Å². The minimum atomic E-state index is -3.35. The summed E-state index contributed by atoms with van der Waals surface area (Å²) < 4.78 is 39.2. The summed E-state index contributed by atoms with van der Waals surface area (Å²) in [4.78, 5) is 0. The zero-order chi connectivity index (χ0) is 19.2. The van der Waals surface area contributed by atoms with Crippen LogP contribution in [-0.4, -0.2) is 70.4 Å². The first-order valence-electron chi connectivity index (χ1n) is 9.90. The van der Waals surface area contributed by atoms with Gasteiger partial charge in [-0.05, 0) is 44.1 Å². The molecule has 3 rings (SSSR count). The van der Waals surface area contributed by atoms with Crippen LogP contribution in [0.1, 0.15) is 32.1 Å². The Balaban J connectivity index is 1.89. The van der Waals surface area contributed by atoms with E-state index in [0.29, 0.717) is 12.5 Å². The van der Waals surface area contributed by atoms with Gasteiger partial charge in [-0.1, -0.05) is 19.6 Å². The van der Waals surface area contributed by atoms with Crippen molar-refractivity contribution in [1.29, 1.82) is 0 Å². The molecular weight excluding hydrogens is 370 g/mol. The number of nitrogens with zero attached hydrogens (tertiary/aromatic N) is 1. The summed E-state index contributed by atoms with van der Waals surface area (Å²) in [6, 6.07) is 0.516. The van der Waals surface area contributed by atoms with Crippen LogP contribution in [0.25, 0.3) is 0 Å². The summed E-state index contributed by atoms with van der Waals surface area (Å²) >= 11 is 0. The molecule has 6 nitrogen and oxygen atoms in total. The van der Waals surface area contributed by atoms with E-state index in [1.807, 2.05) is 0 Å². The van der Waals surface area contributed by atoms with Crippen LogP contribution in [0.5, 0.6) is 0 Å². The van der Waals surface area contributed by atoms with Crippen molar-refractivity contribution in [2.24, 2.45) is 11.3 Å². The highest BCUT2D eigenvalue weighted by Crippen LogP contribution is 2.59. The first-order valence-corrected chi connectivity index (χ1v) is 15.2. The van der Waals surface area contributed by atoms with Gasteiger partial charge in [0.1, 0.15) is 6.79 Å². The fourth-order valence-corrected chi connectivity index (χ4v) is 10.3. The highest BCUT2D eigenvalue weighted by Gasteiger charge is 2.65. The predicted octanol–water partition coefficient (Wildman–Crippen LogP) is 2.27. The van der Waals surface area contributed by atoms with E-state index in [9.17, 15) is 13.5 Å². The average molecular weight is 406 g/mol. The highest BCUT2D eigenvalue weighted by atomic mass is 32.2. The van der Waals surface area contributed by atoms with E-state index in [0.717, 1.165) is 38.1 Å². The fraction of sp³-hybridized carbons (Fsp3) is 1.00. The number of hydrogen-bond donors (Lipinski definition) is 1. The van der Waals surface area contributed by atoms with Gasteiger partial charge in [-0.15, -0.1) is 0 Å². The van der Waals surface area contributed by atoms with Gasteiger partial charge in [0.2, 0.25) is 10.0 Å². The van der Waals surface area contributed by atoms with Gasteiger partial charge < -0.3 is 14.6 Å². The van der Waals surface area contributed by atoms with Crippen molar-refractivity contribution in [2.45, 2.75) is 76.0 Å². The van der Waals surface area contributed by atoms with Crippen molar-refractivity contribution in [1.82, 2.24) is 4.31 Å². The Morgan fingerprint density at radius 3 is 2.54 bits per heavy atom. The molecule has 0 aromatic rings. The quantitative estimate of drug-likeness (QED) is 0.519. The van der Waals surface area contributed by atoms with Crippen molar-refractivity contribution < 1.29 is 23.0 Å². The Labute approximate surface area is 159 Å². The van der Waals surface area contributed by atoms with Crippen LogP contribution in [0, 0.1) is 11.3 Å². The smallest absolute Gasteiger partial charge is 0.214 e. The van der Waals surface area contributed by atoms with E-state index in [4.69, 9.17) is 9.47 Å². The van der Waals surface area contributed by atoms with Gasteiger partial charge in [0, 0.05) is 27.1 Å². The lowest BCUT2D eigenvalue weighted by molar-refractivity contribution is -0.141. The Bertz CT molecular complexity index is 607. The van der Waals surface area contributed by atoms with Gasteiger partial charge in [-0.25, -0.2) is 8.42 Å². The largest absolute Gasteiger partial charge is 0.392 e. The van der Waals surface area contributed by atoms with E-state index < -0.39 is 24.2 Å².